The van der Waals surface area contributed by atoms with Gasteiger partial charge in [-0.2, -0.15) is 0 Å². The van der Waals surface area contributed by atoms with Crippen LogP contribution in [0.15, 0.2) is 0 Å². The number of amides is 1. The van der Waals surface area contributed by atoms with Crippen molar-refractivity contribution >= 4 is 5.91 Å². The molecular formula is C12H24N4O. The fraction of sp³-hybridized carbons (Fsp3) is 0.917. The Kier molecular flexibility index (Phi) is 3.70. The van der Waals surface area contributed by atoms with Crippen LogP contribution in [0, 0.1) is 0 Å². The third-order valence-corrected chi connectivity index (χ3v) is 4.00. The predicted octanol–water partition coefficient (Wildman–Crippen LogP) is -0.601. The van der Waals surface area contributed by atoms with Crippen LogP contribution in [0.3, 0.4) is 0 Å². The summed E-state index contributed by atoms with van der Waals surface area (Å²) < 4.78 is 0. The van der Waals surface area contributed by atoms with E-state index in [1.54, 1.807) is 0 Å². The van der Waals surface area contributed by atoms with Gasteiger partial charge in [-0.3, -0.25) is 15.0 Å². The smallest absolute Gasteiger partial charge is 0.240 e. The third kappa shape index (κ3) is 2.61. The molecular weight excluding hydrogens is 216 g/mol. The molecule has 0 saturated carbocycles. The van der Waals surface area contributed by atoms with Gasteiger partial charge in [0, 0.05) is 32.2 Å². The summed E-state index contributed by atoms with van der Waals surface area (Å²) >= 11 is 0. The number of nitrogens with one attached hydrogen (secondary N) is 1. The maximum absolute atomic E-state index is 12.0. The molecule has 1 N–H and O–H groups in total. The van der Waals surface area contributed by atoms with Gasteiger partial charge in [0.15, 0.2) is 0 Å². The Morgan fingerprint density at radius 3 is 2.59 bits per heavy atom. The van der Waals surface area contributed by atoms with Crippen molar-refractivity contribution in [3.05, 3.63) is 0 Å². The number of rotatable bonds is 2. The highest BCUT2D eigenvalue weighted by atomic mass is 16.2. The molecule has 0 radical (unpaired) electrons. The minimum Gasteiger partial charge on any atom is -0.324 e. The summed E-state index contributed by atoms with van der Waals surface area (Å²) in [7, 11) is 4.30. The maximum Gasteiger partial charge on any atom is 0.240 e. The number of carbonyl (C=O) groups excluding carboxylic acids is 1. The molecule has 1 amide bonds. The first kappa shape index (κ1) is 12.8. The highest BCUT2D eigenvalue weighted by molar-refractivity contribution is 5.83. The molecule has 2 heterocycles. The first-order valence-corrected chi connectivity index (χ1v) is 6.44. The second kappa shape index (κ2) is 4.92. The Hall–Kier alpha value is -0.650. The predicted molar refractivity (Wildman–Crippen MR) is 67.7 cm³/mol. The van der Waals surface area contributed by atoms with Crippen molar-refractivity contribution in [2.24, 2.45) is 0 Å². The van der Waals surface area contributed by atoms with Gasteiger partial charge in [0.25, 0.3) is 0 Å². The van der Waals surface area contributed by atoms with Gasteiger partial charge in [-0.15, -0.1) is 0 Å². The van der Waals surface area contributed by atoms with Crippen molar-refractivity contribution in [2.75, 3.05) is 40.3 Å². The molecule has 2 rings (SSSR count). The van der Waals surface area contributed by atoms with Crippen LogP contribution in [0.4, 0.5) is 0 Å². The lowest BCUT2D eigenvalue weighted by Crippen LogP contribution is -2.55. The highest BCUT2D eigenvalue weighted by Crippen LogP contribution is 2.14. The Labute approximate surface area is 104 Å². The second-order valence-corrected chi connectivity index (χ2v) is 5.45. The fourth-order valence-electron chi connectivity index (χ4n) is 2.74. The van der Waals surface area contributed by atoms with E-state index in [2.05, 4.69) is 36.1 Å². The summed E-state index contributed by atoms with van der Waals surface area (Å²) in [5, 5.41) is 3.28. The molecule has 3 unspecified atom stereocenters. The number of hydrogen-bond acceptors (Lipinski definition) is 4. The molecule has 5 nitrogen and oxygen atoms in total. The molecule has 0 aromatic heterocycles. The minimum atomic E-state index is -0.0309. The van der Waals surface area contributed by atoms with Crippen LogP contribution in [-0.4, -0.2) is 79.1 Å². The lowest BCUT2D eigenvalue weighted by Gasteiger charge is -2.40. The number of carbonyl (C=O) groups is 1. The summed E-state index contributed by atoms with van der Waals surface area (Å²) in [6, 6.07) is 0.420. The number of hydrogen-bond donors (Lipinski definition) is 1. The standard InChI is InChI=1S/C12H24N4O/c1-9-12(17)16(10(2)13-9)8-11-7-14(3)5-6-15(11)4/h9-11,13H,5-8H2,1-4H3. The van der Waals surface area contributed by atoms with Crippen molar-refractivity contribution in [2.45, 2.75) is 32.1 Å². The third-order valence-electron chi connectivity index (χ3n) is 4.00. The molecule has 0 aliphatic carbocycles. The molecule has 0 aromatic carbocycles. The molecule has 3 atom stereocenters. The lowest BCUT2D eigenvalue weighted by atomic mass is 10.1. The van der Waals surface area contributed by atoms with Crippen LogP contribution < -0.4 is 5.32 Å². The zero-order valence-electron chi connectivity index (χ0n) is 11.3. The van der Waals surface area contributed by atoms with Crippen molar-refractivity contribution in [1.82, 2.24) is 20.0 Å². The quantitative estimate of drug-likeness (QED) is 0.699. The summed E-state index contributed by atoms with van der Waals surface area (Å²) in [6.45, 7) is 8.08. The van der Waals surface area contributed by atoms with Crippen LogP contribution in [0.1, 0.15) is 13.8 Å². The van der Waals surface area contributed by atoms with E-state index in [4.69, 9.17) is 0 Å². The van der Waals surface area contributed by atoms with Gasteiger partial charge in [-0.1, -0.05) is 0 Å². The zero-order chi connectivity index (χ0) is 12.6. The molecule has 0 spiro atoms. The molecule has 98 valence electrons. The van der Waals surface area contributed by atoms with E-state index < -0.39 is 0 Å². The first-order chi connectivity index (χ1) is 7.99. The summed E-state index contributed by atoms with van der Waals surface area (Å²) in [5.74, 6) is 0.235. The minimum absolute atomic E-state index is 0.0309. The molecule has 0 aromatic rings. The average Bonchev–Trinajstić information content (AvgIpc) is 2.50. The molecule has 5 heteroatoms. The van der Waals surface area contributed by atoms with E-state index in [1.165, 1.54) is 0 Å². The molecule has 2 saturated heterocycles. The molecule has 0 bridgehead atoms. The van der Waals surface area contributed by atoms with Crippen molar-refractivity contribution < 1.29 is 4.79 Å². The molecule has 2 aliphatic heterocycles. The summed E-state index contributed by atoms with van der Waals surface area (Å²) in [6.07, 6.45) is 0.165. The van der Waals surface area contributed by atoms with Gasteiger partial charge in [0.2, 0.25) is 5.91 Å². The van der Waals surface area contributed by atoms with E-state index >= 15 is 0 Å². The van der Waals surface area contributed by atoms with Crippen LogP contribution >= 0.6 is 0 Å². The highest BCUT2D eigenvalue weighted by Gasteiger charge is 2.36. The first-order valence-electron chi connectivity index (χ1n) is 6.44. The fourth-order valence-corrected chi connectivity index (χ4v) is 2.74. The number of nitrogens with zero attached hydrogens (tertiary/aromatic N) is 3. The number of piperazine rings is 1. The Bertz CT molecular complexity index is 296. The van der Waals surface area contributed by atoms with Gasteiger partial charge >= 0.3 is 0 Å². The van der Waals surface area contributed by atoms with Gasteiger partial charge in [0.1, 0.15) is 0 Å². The van der Waals surface area contributed by atoms with Gasteiger partial charge in [-0.05, 0) is 27.9 Å². The van der Waals surface area contributed by atoms with Crippen molar-refractivity contribution in [1.29, 1.82) is 0 Å². The van der Waals surface area contributed by atoms with E-state index in [-0.39, 0.29) is 18.1 Å². The Morgan fingerprint density at radius 2 is 2.00 bits per heavy atom. The van der Waals surface area contributed by atoms with Gasteiger partial charge in [0.05, 0.1) is 12.2 Å². The van der Waals surface area contributed by atoms with Gasteiger partial charge < -0.3 is 9.80 Å². The maximum atomic E-state index is 12.0. The monoisotopic (exact) mass is 240 g/mol. The van der Waals surface area contributed by atoms with Crippen LogP contribution in [0.5, 0.6) is 0 Å². The Morgan fingerprint density at radius 1 is 1.29 bits per heavy atom. The lowest BCUT2D eigenvalue weighted by molar-refractivity contribution is -0.130. The van der Waals surface area contributed by atoms with Crippen molar-refractivity contribution in [3.8, 4) is 0 Å². The zero-order valence-corrected chi connectivity index (χ0v) is 11.3. The SMILES string of the molecule is CC1NC(C)N(CC2CN(C)CCN2C)C1=O. The van der Waals surface area contributed by atoms with Crippen LogP contribution in [0.25, 0.3) is 0 Å². The topological polar surface area (TPSA) is 38.8 Å². The Balaban J connectivity index is 1.97. The van der Waals surface area contributed by atoms with Crippen molar-refractivity contribution in [3.63, 3.8) is 0 Å². The molecule has 17 heavy (non-hydrogen) atoms. The second-order valence-electron chi connectivity index (χ2n) is 5.45. The van der Waals surface area contributed by atoms with Gasteiger partial charge in [-0.25, -0.2) is 0 Å². The van der Waals surface area contributed by atoms with Crippen LogP contribution in [0.2, 0.25) is 0 Å². The van der Waals surface area contributed by atoms with E-state index in [1.807, 2.05) is 11.8 Å². The van der Waals surface area contributed by atoms with E-state index in [9.17, 15) is 4.79 Å². The number of likely N-dealkylation sites (N-methyl/N-ethyl adjacent to an activating group) is 2. The normalized spacial score (nSPS) is 36.8. The summed E-state index contributed by atoms with van der Waals surface area (Å²) in [4.78, 5) is 18.7. The van der Waals surface area contributed by atoms with E-state index in [0.717, 1.165) is 26.2 Å². The molecule has 2 fully saturated rings. The van der Waals surface area contributed by atoms with Crippen LogP contribution in [-0.2, 0) is 4.79 Å². The molecule has 2 aliphatic rings. The largest absolute Gasteiger partial charge is 0.324 e. The summed E-state index contributed by atoms with van der Waals surface area (Å²) in [5.41, 5.74) is 0. The van der Waals surface area contributed by atoms with E-state index in [0.29, 0.717) is 6.04 Å². The average molecular weight is 240 g/mol.